The number of carbonyl (C=O) groups is 1. The van der Waals surface area contributed by atoms with E-state index in [9.17, 15) is 4.79 Å². The molecule has 0 bridgehead atoms. The van der Waals surface area contributed by atoms with E-state index in [4.69, 9.17) is 9.52 Å². The summed E-state index contributed by atoms with van der Waals surface area (Å²) in [6, 6.07) is 0.649. The lowest BCUT2D eigenvalue weighted by Crippen LogP contribution is -2.24. The lowest BCUT2D eigenvalue weighted by molar-refractivity contribution is 0.0690. The van der Waals surface area contributed by atoms with Gasteiger partial charge in [-0.25, -0.2) is 4.79 Å². The number of oxazole rings is 1. The molecule has 1 aromatic heterocycles. The molecule has 0 spiro atoms. The van der Waals surface area contributed by atoms with Crippen LogP contribution in [0.5, 0.6) is 0 Å². The van der Waals surface area contributed by atoms with Crippen LogP contribution in [0.4, 0.5) is 6.01 Å². The van der Waals surface area contributed by atoms with Crippen molar-refractivity contribution >= 4 is 12.0 Å². The molecule has 3 unspecified atom stereocenters. The fraction of sp³-hybridized carbons (Fsp3) is 0.667. The largest absolute Gasteiger partial charge is 0.476 e. The molecule has 1 aliphatic rings. The van der Waals surface area contributed by atoms with Crippen LogP contribution in [-0.2, 0) is 0 Å². The van der Waals surface area contributed by atoms with Gasteiger partial charge < -0.3 is 14.8 Å². The number of hydrogen-bond donors (Lipinski definition) is 2. The van der Waals surface area contributed by atoms with E-state index >= 15 is 0 Å². The molecule has 5 heteroatoms. The molecule has 0 saturated heterocycles. The van der Waals surface area contributed by atoms with E-state index in [0.717, 1.165) is 12.3 Å². The maximum atomic E-state index is 10.7. The first-order valence-corrected chi connectivity index (χ1v) is 6.07. The van der Waals surface area contributed by atoms with Crippen molar-refractivity contribution in [2.24, 2.45) is 11.8 Å². The molecule has 1 aliphatic carbocycles. The van der Waals surface area contributed by atoms with Crippen LogP contribution in [0, 0.1) is 11.8 Å². The molecule has 0 aliphatic heterocycles. The molecule has 17 heavy (non-hydrogen) atoms. The number of carboxylic acids is 1. The summed E-state index contributed by atoms with van der Waals surface area (Å²) >= 11 is 0. The minimum absolute atomic E-state index is 0.0507. The number of aromatic carboxylic acids is 1. The monoisotopic (exact) mass is 238 g/mol. The summed E-state index contributed by atoms with van der Waals surface area (Å²) in [5.74, 6) is 0.245. The van der Waals surface area contributed by atoms with Crippen molar-refractivity contribution in [3.05, 3.63) is 12.0 Å². The summed E-state index contributed by atoms with van der Waals surface area (Å²) < 4.78 is 5.10. The lowest BCUT2D eigenvalue weighted by atomic mass is 9.94. The van der Waals surface area contributed by atoms with Gasteiger partial charge in [-0.15, -0.1) is 0 Å². The highest BCUT2D eigenvalue weighted by molar-refractivity contribution is 5.85. The van der Waals surface area contributed by atoms with Gasteiger partial charge in [0.25, 0.3) is 6.01 Å². The molecule has 94 valence electrons. The number of nitrogens with zero attached hydrogens (tertiary/aromatic N) is 1. The zero-order chi connectivity index (χ0) is 12.4. The topological polar surface area (TPSA) is 75.4 Å². The van der Waals surface area contributed by atoms with E-state index in [-0.39, 0.29) is 5.69 Å². The molecule has 0 radical (unpaired) electrons. The fourth-order valence-electron chi connectivity index (χ4n) is 2.62. The highest BCUT2D eigenvalue weighted by atomic mass is 16.4. The Morgan fingerprint density at radius 1 is 1.65 bits per heavy atom. The van der Waals surface area contributed by atoms with Crippen molar-refractivity contribution in [3.8, 4) is 0 Å². The van der Waals surface area contributed by atoms with E-state index < -0.39 is 5.97 Å². The van der Waals surface area contributed by atoms with Crippen LogP contribution in [0.3, 0.4) is 0 Å². The average Bonchev–Trinajstić information content (AvgIpc) is 2.88. The van der Waals surface area contributed by atoms with Crippen molar-refractivity contribution < 1.29 is 14.3 Å². The Hall–Kier alpha value is -1.52. The van der Waals surface area contributed by atoms with Crippen molar-refractivity contribution in [2.75, 3.05) is 5.32 Å². The second-order valence-corrected chi connectivity index (χ2v) is 4.70. The predicted octanol–water partition coefficient (Wildman–Crippen LogP) is 2.61. The lowest BCUT2D eigenvalue weighted by Gasteiger charge is -2.19. The van der Waals surface area contributed by atoms with Gasteiger partial charge in [0.1, 0.15) is 6.26 Å². The Morgan fingerprint density at radius 2 is 2.41 bits per heavy atom. The first kappa shape index (κ1) is 12.0. The van der Waals surface area contributed by atoms with Gasteiger partial charge in [-0.1, -0.05) is 20.3 Å². The highest BCUT2D eigenvalue weighted by Crippen LogP contribution is 2.35. The van der Waals surface area contributed by atoms with Crippen LogP contribution < -0.4 is 5.32 Å². The number of aromatic nitrogens is 1. The van der Waals surface area contributed by atoms with Crippen LogP contribution in [-0.4, -0.2) is 22.1 Å². The van der Waals surface area contributed by atoms with Crippen molar-refractivity contribution in [1.29, 1.82) is 0 Å². The minimum atomic E-state index is -1.06. The first-order valence-electron chi connectivity index (χ1n) is 6.07. The summed E-state index contributed by atoms with van der Waals surface area (Å²) in [6.07, 6.45) is 4.65. The normalized spacial score (nSPS) is 28.2. The number of rotatable bonds is 4. The van der Waals surface area contributed by atoms with Gasteiger partial charge in [0, 0.05) is 6.04 Å². The third-order valence-corrected chi connectivity index (χ3v) is 3.78. The predicted molar refractivity (Wildman–Crippen MR) is 63.1 cm³/mol. The standard InChI is InChI=1S/C12H18N2O3/c1-3-8-4-5-9(7(8)2)13-12-14-10(6-17-12)11(15)16/h6-9H,3-5H2,1-2H3,(H,13,14)(H,15,16). The molecule has 1 saturated carbocycles. The Kier molecular flexibility index (Phi) is 3.36. The number of nitrogens with one attached hydrogen (secondary N) is 1. The van der Waals surface area contributed by atoms with Gasteiger partial charge in [-0.05, 0) is 24.7 Å². The summed E-state index contributed by atoms with van der Waals surface area (Å²) in [5.41, 5.74) is -0.0507. The van der Waals surface area contributed by atoms with Gasteiger partial charge >= 0.3 is 5.97 Å². The van der Waals surface area contributed by atoms with Crippen LogP contribution >= 0.6 is 0 Å². The molecular weight excluding hydrogens is 220 g/mol. The summed E-state index contributed by atoms with van der Waals surface area (Å²) in [4.78, 5) is 14.5. The van der Waals surface area contributed by atoms with Gasteiger partial charge in [0.2, 0.25) is 0 Å². The average molecular weight is 238 g/mol. The maximum absolute atomic E-state index is 10.7. The van der Waals surface area contributed by atoms with Gasteiger partial charge in [0.15, 0.2) is 5.69 Å². The van der Waals surface area contributed by atoms with Gasteiger partial charge in [0.05, 0.1) is 0 Å². The van der Waals surface area contributed by atoms with Crippen molar-refractivity contribution in [2.45, 2.75) is 39.2 Å². The van der Waals surface area contributed by atoms with E-state index in [1.807, 2.05) is 0 Å². The third-order valence-electron chi connectivity index (χ3n) is 3.78. The molecule has 1 fully saturated rings. The maximum Gasteiger partial charge on any atom is 0.357 e. The molecule has 2 N–H and O–H groups in total. The summed E-state index contributed by atoms with van der Waals surface area (Å²) in [6.45, 7) is 4.43. The van der Waals surface area contributed by atoms with Crippen molar-refractivity contribution in [3.63, 3.8) is 0 Å². The summed E-state index contributed by atoms with van der Waals surface area (Å²) in [7, 11) is 0. The van der Waals surface area contributed by atoms with Crippen LogP contribution in [0.15, 0.2) is 10.7 Å². The molecule has 3 atom stereocenters. The number of hydrogen-bond acceptors (Lipinski definition) is 4. The van der Waals surface area contributed by atoms with Crippen molar-refractivity contribution in [1.82, 2.24) is 4.98 Å². The Balaban J connectivity index is 1.99. The van der Waals surface area contributed by atoms with Crippen LogP contribution in [0.1, 0.15) is 43.6 Å². The quantitative estimate of drug-likeness (QED) is 0.843. The second-order valence-electron chi connectivity index (χ2n) is 4.70. The van der Waals surface area contributed by atoms with E-state index in [1.54, 1.807) is 0 Å². The van der Waals surface area contributed by atoms with Gasteiger partial charge in [-0.3, -0.25) is 0 Å². The molecular formula is C12H18N2O3. The molecule has 1 aromatic rings. The first-order chi connectivity index (χ1) is 8.11. The SMILES string of the molecule is CCC1CCC(Nc2nc(C(=O)O)co2)C1C. The third kappa shape index (κ3) is 2.43. The fourth-order valence-corrected chi connectivity index (χ4v) is 2.62. The molecule has 5 nitrogen and oxygen atoms in total. The van der Waals surface area contributed by atoms with Gasteiger partial charge in [-0.2, -0.15) is 4.98 Å². The molecule has 0 aromatic carbocycles. The zero-order valence-electron chi connectivity index (χ0n) is 10.1. The summed E-state index contributed by atoms with van der Waals surface area (Å²) in [5, 5.41) is 11.9. The minimum Gasteiger partial charge on any atom is -0.476 e. The highest BCUT2D eigenvalue weighted by Gasteiger charge is 2.32. The smallest absolute Gasteiger partial charge is 0.357 e. The number of carboxylic acid groups (broad SMARTS) is 1. The van der Waals surface area contributed by atoms with E-state index in [1.165, 1.54) is 19.1 Å². The Morgan fingerprint density at radius 3 is 2.94 bits per heavy atom. The van der Waals surface area contributed by atoms with E-state index in [0.29, 0.717) is 18.0 Å². The molecule has 1 heterocycles. The van der Waals surface area contributed by atoms with Crippen LogP contribution in [0.2, 0.25) is 0 Å². The zero-order valence-corrected chi connectivity index (χ0v) is 10.1. The van der Waals surface area contributed by atoms with Crippen LogP contribution in [0.25, 0.3) is 0 Å². The molecule has 0 amide bonds. The Labute approximate surface area is 100 Å². The Bertz CT molecular complexity index is 402. The second kappa shape index (κ2) is 4.77. The van der Waals surface area contributed by atoms with E-state index in [2.05, 4.69) is 24.1 Å². The molecule has 2 rings (SSSR count). The number of anilines is 1.